The Morgan fingerprint density at radius 2 is 2.09 bits per heavy atom. The topological polar surface area (TPSA) is 38.4 Å². The maximum Gasteiger partial charge on any atom is 0.239 e. The maximum atomic E-state index is 13.0. The normalized spacial score (nSPS) is 18.8. The standard InChI is InChI=1S/C19H18N2OS/c1-2-6-14-10-20-11-16-17(14)21(22)18-15(12-23-19(16)18)9-13-7-4-3-5-8-13/h3-5,7-8,10-12,14H,2,6,9H2,1H3. The number of nitrogens with zero attached hydrogens (tertiary/aromatic N) is 2. The van der Waals surface area contributed by atoms with Crippen molar-refractivity contribution in [2.24, 2.45) is 10.9 Å². The predicted octanol–water partition coefficient (Wildman–Crippen LogP) is 4.78. The molecule has 1 unspecified atom stereocenters. The molecule has 0 amide bonds. The number of benzene rings is 1. The van der Waals surface area contributed by atoms with Crippen molar-refractivity contribution >= 4 is 34.5 Å². The van der Waals surface area contributed by atoms with Crippen molar-refractivity contribution < 1.29 is 4.74 Å². The zero-order valence-electron chi connectivity index (χ0n) is 13.0. The third-order valence-corrected chi connectivity index (χ3v) is 5.49. The summed E-state index contributed by atoms with van der Waals surface area (Å²) in [6.45, 7) is 2.15. The van der Waals surface area contributed by atoms with Gasteiger partial charge in [0.25, 0.3) is 0 Å². The minimum Gasteiger partial charge on any atom is -0.618 e. The van der Waals surface area contributed by atoms with E-state index in [2.05, 4.69) is 29.4 Å². The smallest absolute Gasteiger partial charge is 0.239 e. The highest BCUT2D eigenvalue weighted by Crippen LogP contribution is 2.45. The number of hydrogen-bond acceptors (Lipinski definition) is 3. The van der Waals surface area contributed by atoms with Crippen LogP contribution in [0, 0.1) is 11.1 Å². The minimum atomic E-state index is 0.140. The Hall–Kier alpha value is -2.20. The summed E-state index contributed by atoms with van der Waals surface area (Å²) in [5, 5.41) is 15.1. The van der Waals surface area contributed by atoms with Crippen LogP contribution in [0.5, 0.6) is 0 Å². The molecule has 1 atom stereocenters. The van der Waals surface area contributed by atoms with Crippen LogP contribution in [0.1, 0.15) is 35.8 Å². The van der Waals surface area contributed by atoms with E-state index in [9.17, 15) is 5.21 Å². The third-order valence-electron chi connectivity index (χ3n) is 4.44. The molecule has 3 heterocycles. The Morgan fingerprint density at radius 3 is 2.87 bits per heavy atom. The molecule has 2 aromatic rings. The van der Waals surface area contributed by atoms with Crippen molar-refractivity contribution in [2.45, 2.75) is 26.2 Å². The third kappa shape index (κ3) is 2.34. The molecule has 1 aromatic carbocycles. The SMILES string of the molecule is CCCC1C=NC=C2C1=[N+]([O-])c1c(Cc3ccccc3)csc12. The van der Waals surface area contributed by atoms with Gasteiger partial charge in [-0.05, 0) is 12.0 Å². The molecule has 0 saturated carbocycles. The molecular weight excluding hydrogens is 304 g/mol. The largest absolute Gasteiger partial charge is 0.618 e. The average Bonchev–Trinajstić information content (AvgIpc) is 3.10. The van der Waals surface area contributed by atoms with Crippen LogP contribution < -0.4 is 0 Å². The van der Waals surface area contributed by atoms with Gasteiger partial charge in [0.2, 0.25) is 11.4 Å². The molecule has 0 radical (unpaired) electrons. The van der Waals surface area contributed by atoms with Gasteiger partial charge in [0.1, 0.15) is 4.88 Å². The van der Waals surface area contributed by atoms with Gasteiger partial charge in [-0.3, -0.25) is 4.99 Å². The molecule has 3 nitrogen and oxygen atoms in total. The number of hydrogen-bond donors (Lipinski definition) is 0. The lowest BCUT2D eigenvalue weighted by molar-refractivity contribution is -0.358. The van der Waals surface area contributed by atoms with E-state index in [4.69, 9.17) is 0 Å². The molecule has 0 fully saturated rings. The zero-order valence-corrected chi connectivity index (χ0v) is 13.8. The fourth-order valence-corrected chi connectivity index (χ4v) is 4.44. The van der Waals surface area contributed by atoms with Crippen LogP contribution >= 0.6 is 11.3 Å². The Morgan fingerprint density at radius 1 is 1.26 bits per heavy atom. The Kier molecular flexibility index (Phi) is 3.62. The van der Waals surface area contributed by atoms with Gasteiger partial charge in [-0.1, -0.05) is 43.7 Å². The van der Waals surface area contributed by atoms with E-state index in [1.807, 2.05) is 30.6 Å². The summed E-state index contributed by atoms with van der Waals surface area (Å²) >= 11 is 1.66. The van der Waals surface area contributed by atoms with Crippen LogP contribution in [0.15, 0.2) is 46.9 Å². The van der Waals surface area contributed by atoms with E-state index < -0.39 is 0 Å². The zero-order chi connectivity index (χ0) is 15.8. The maximum absolute atomic E-state index is 13.0. The summed E-state index contributed by atoms with van der Waals surface area (Å²) in [6, 6.07) is 10.3. The van der Waals surface area contributed by atoms with Crippen molar-refractivity contribution in [1.82, 2.24) is 0 Å². The molecule has 0 N–H and O–H groups in total. The highest BCUT2D eigenvalue weighted by molar-refractivity contribution is 7.12. The predicted molar refractivity (Wildman–Crippen MR) is 96.7 cm³/mol. The first-order chi connectivity index (χ1) is 11.3. The summed E-state index contributed by atoms with van der Waals surface area (Å²) in [7, 11) is 0. The van der Waals surface area contributed by atoms with Crippen LogP contribution in [0.25, 0.3) is 5.57 Å². The quantitative estimate of drug-likeness (QED) is 0.590. The molecule has 4 rings (SSSR count). The Bertz CT molecular complexity index is 830. The van der Waals surface area contributed by atoms with Gasteiger partial charge in [-0.2, -0.15) is 4.74 Å². The van der Waals surface area contributed by atoms with E-state index in [1.165, 1.54) is 10.3 Å². The lowest BCUT2D eigenvalue weighted by Gasteiger charge is -2.14. The summed E-state index contributed by atoms with van der Waals surface area (Å²) in [4.78, 5) is 5.46. The second-order valence-corrected chi connectivity index (χ2v) is 6.90. The number of allylic oxidation sites excluding steroid dienone is 1. The van der Waals surface area contributed by atoms with Crippen LogP contribution in [0.3, 0.4) is 0 Å². The van der Waals surface area contributed by atoms with Crippen molar-refractivity contribution in [1.29, 1.82) is 0 Å². The van der Waals surface area contributed by atoms with Crippen molar-refractivity contribution in [3.05, 3.63) is 63.1 Å². The fraction of sp³-hybridized carbons (Fsp3) is 0.263. The molecule has 23 heavy (non-hydrogen) atoms. The highest BCUT2D eigenvalue weighted by Gasteiger charge is 2.40. The molecule has 1 aromatic heterocycles. The molecule has 0 spiro atoms. The van der Waals surface area contributed by atoms with Gasteiger partial charge < -0.3 is 5.21 Å². The van der Waals surface area contributed by atoms with Crippen LogP contribution in [0.2, 0.25) is 0 Å². The van der Waals surface area contributed by atoms with E-state index in [1.54, 1.807) is 11.3 Å². The van der Waals surface area contributed by atoms with E-state index >= 15 is 0 Å². The van der Waals surface area contributed by atoms with E-state index in [-0.39, 0.29) is 5.92 Å². The molecular formula is C19H18N2OS. The van der Waals surface area contributed by atoms with Crippen molar-refractivity contribution in [2.75, 3.05) is 0 Å². The van der Waals surface area contributed by atoms with Crippen molar-refractivity contribution in [3.63, 3.8) is 0 Å². The number of rotatable bonds is 4. The van der Waals surface area contributed by atoms with Gasteiger partial charge >= 0.3 is 0 Å². The Labute approximate surface area is 139 Å². The second-order valence-electron chi connectivity index (χ2n) is 6.02. The lowest BCUT2D eigenvalue weighted by atomic mass is 9.93. The molecule has 116 valence electrons. The Balaban J connectivity index is 1.76. The van der Waals surface area contributed by atoms with Crippen LogP contribution in [-0.4, -0.2) is 16.7 Å². The number of aliphatic imine (C=N–C) groups is 1. The summed E-state index contributed by atoms with van der Waals surface area (Å²) in [5.74, 6) is 0.140. The van der Waals surface area contributed by atoms with E-state index in [0.717, 1.165) is 46.7 Å². The van der Waals surface area contributed by atoms with E-state index in [0.29, 0.717) is 0 Å². The summed E-state index contributed by atoms with van der Waals surface area (Å²) < 4.78 is 1.17. The molecule has 4 heteroatoms. The van der Waals surface area contributed by atoms with Gasteiger partial charge in [-0.25, -0.2) is 0 Å². The summed E-state index contributed by atoms with van der Waals surface area (Å²) in [5.41, 5.74) is 5.10. The highest BCUT2D eigenvalue weighted by atomic mass is 32.1. The summed E-state index contributed by atoms with van der Waals surface area (Å²) in [6.07, 6.45) is 6.58. The van der Waals surface area contributed by atoms with Gasteiger partial charge in [0.15, 0.2) is 0 Å². The average molecular weight is 322 g/mol. The van der Waals surface area contributed by atoms with Gasteiger partial charge in [0.05, 0.1) is 11.5 Å². The first kappa shape index (κ1) is 14.4. The molecule has 0 saturated heterocycles. The lowest BCUT2D eigenvalue weighted by Crippen LogP contribution is -2.23. The second kappa shape index (κ2) is 5.78. The fourth-order valence-electron chi connectivity index (χ4n) is 3.38. The van der Waals surface area contributed by atoms with Gasteiger partial charge in [-0.15, -0.1) is 11.3 Å². The van der Waals surface area contributed by atoms with Gasteiger partial charge in [0, 0.05) is 29.8 Å². The molecule has 2 aliphatic rings. The number of fused-ring (bicyclic) bond motifs is 3. The number of thiophene rings is 1. The van der Waals surface area contributed by atoms with Crippen molar-refractivity contribution in [3.8, 4) is 0 Å². The molecule has 0 bridgehead atoms. The molecule has 0 aliphatic carbocycles. The van der Waals surface area contributed by atoms with Crippen LogP contribution in [-0.2, 0) is 6.42 Å². The molecule has 2 aliphatic heterocycles. The minimum absolute atomic E-state index is 0.140. The first-order valence-corrected chi connectivity index (χ1v) is 8.90. The monoisotopic (exact) mass is 322 g/mol. The van der Waals surface area contributed by atoms with Crippen LogP contribution in [0.4, 0.5) is 5.69 Å². The first-order valence-electron chi connectivity index (χ1n) is 8.02.